The molecule has 5 heteroatoms. The first-order chi connectivity index (χ1) is 7.67. The van der Waals surface area contributed by atoms with Gasteiger partial charge in [-0.3, -0.25) is 4.79 Å². The van der Waals surface area contributed by atoms with E-state index in [1.54, 1.807) is 14.2 Å². The van der Waals surface area contributed by atoms with E-state index in [1.807, 2.05) is 6.92 Å². The third kappa shape index (κ3) is 4.92. The summed E-state index contributed by atoms with van der Waals surface area (Å²) in [5.41, 5.74) is 0. The first-order valence-corrected chi connectivity index (χ1v) is 5.75. The van der Waals surface area contributed by atoms with E-state index < -0.39 is 0 Å². The molecule has 1 atom stereocenters. The van der Waals surface area contributed by atoms with Gasteiger partial charge in [-0.25, -0.2) is 0 Å². The molecule has 16 heavy (non-hydrogen) atoms. The lowest BCUT2D eigenvalue weighted by Gasteiger charge is -2.22. The average molecular weight is 230 g/mol. The standard InChI is InChI=1S/C11H22N2O3/c1-8(11(15-2)16-3)13-10(14)6-7-12-9-4-5-9/h8-9,11-12H,4-7H2,1-3H3,(H,13,14). The molecule has 1 unspecified atom stereocenters. The van der Waals surface area contributed by atoms with Crippen LogP contribution in [0.15, 0.2) is 0 Å². The second kappa shape index (κ2) is 6.83. The topological polar surface area (TPSA) is 59.6 Å². The van der Waals surface area contributed by atoms with Gasteiger partial charge in [0.25, 0.3) is 0 Å². The number of rotatable bonds is 8. The molecule has 94 valence electrons. The Hall–Kier alpha value is -0.650. The van der Waals surface area contributed by atoms with Gasteiger partial charge in [0.2, 0.25) is 5.91 Å². The van der Waals surface area contributed by atoms with Gasteiger partial charge in [0.1, 0.15) is 0 Å². The quantitative estimate of drug-likeness (QED) is 0.587. The number of nitrogens with one attached hydrogen (secondary N) is 2. The Labute approximate surface area is 96.9 Å². The molecule has 0 heterocycles. The van der Waals surface area contributed by atoms with E-state index >= 15 is 0 Å². The molecule has 1 aliphatic carbocycles. The Balaban J connectivity index is 2.10. The van der Waals surface area contributed by atoms with Gasteiger partial charge in [-0.05, 0) is 19.8 Å². The Morgan fingerprint density at radius 2 is 2.00 bits per heavy atom. The van der Waals surface area contributed by atoms with Gasteiger partial charge < -0.3 is 20.1 Å². The van der Waals surface area contributed by atoms with Crippen LogP contribution in [0.5, 0.6) is 0 Å². The summed E-state index contributed by atoms with van der Waals surface area (Å²) in [6.07, 6.45) is 2.60. The van der Waals surface area contributed by atoms with Crippen molar-refractivity contribution in [1.29, 1.82) is 0 Å². The lowest BCUT2D eigenvalue weighted by molar-refractivity contribution is -0.135. The van der Waals surface area contributed by atoms with Crippen LogP contribution in [-0.4, -0.2) is 45.0 Å². The van der Waals surface area contributed by atoms with E-state index in [9.17, 15) is 4.79 Å². The van der Waals surface area contributed by atoms with Crippen LogP contribution in [-0.2, 0) is 14.3 Å². The summed E-state index contributed by atoms with van der Waals surface area (Å²) in [6.45, 7) is 2.61. The van der Waals surface area contributed by atoms with Gasteiger partial charge in [0, 0.05) is 33.2 Å². The van der Waals surface area contributed by atoms with Crippen molar-refractivity contribution in [1.82, 2.24) is 10.6 Å². The fourth-order valence-corrected chi connectivity index (χ4v) is 1.58. The molecule has 0 aromatic carbocycles. The van der Waals surface area contributed by atoms with E-state index in [-0.39, 0.29) is 18.2 Å². The molecule has 0 aromatic heterocycles. The Kier molecular flexibility index (Phi) is 5.73. The SMILES string of the molecule is COC(OC)C(C)NC(=O)CCNC1CC1. The summed E-state index contributed by atoms with van der Waals surface area (Å²) in [6, 6.07) is 0.513. The van der Waals surface area contributed by atoms with Gasteiger partial charge in [-0.2, -0.15) is 0 Å². The minimum atomic E-state index is -0.389. The molecule has 0 aromatic rings. The van der Waals surface area contributed by atoms with Gasteiger partial charge in [0.15, 0.2) is 6.29 Å². The summed E-state index contributed by atoms with van der Waals surface area (Å²) in [5.74, 6) is 0.0275. The van der Waals surface area contributed by atoms with Crippen LogP contribution in [0.1, 0.15) is 26.2 Å². The van der Waals surface area contributed by atoms with Crippen LogP contribution in [0.25, 0.3) is 0 Å². The monoisotopic (exact) mass is 230 g/mol. The second-order valence-electron chi connectivity index (χ2n) is 4.17. The zero-order valence-electron chi connectivity index (χ0n) is 10.3. The van der Waals surface area contributed by atoms with Crippen LogP contribution in [0.2, 0.25) is 0 Å². The van der Waals surface area contributed by atoms with Crippen molar-refractivity contribution < 1.29 is 14.3 Å². The van der Waals surface area contributed by atoms with Gasteiger partial charge in [-0.15, -0.1) is 0 Å². The highest BCUT2D eigenvalue weighted by molar-refractivity contribution is 5.76. The summed E-state index contributed by atoms with van der Waals surface area (Å²) in [5, 5.41) is 6.14. The van der Waals surface area contributed by atoms with E-state index in [0.29, 0.717) is 12.5 Å². The molecule has 0 bridgehead atoms. The van der Waals surface area contributed by atoms with Gasteiger partial charge in [0.05, 0.1) is 6.04 Å². The van der Waals surface area contributed by atoms with Crippen LogP contribution in [0.4, 0.5) is 0 Å². The summed E-state index contributed by atoms with van der Waals surface area (Å²) >= 11 is 0. The normalized spacial score (nSPS) is 17.5. The number of methoxy groups -OCH3 is 2. The van der Waals surface area contributed by atoms with Crippen molar-refractivity contribution in [3.63, 3.8) is 0 Å². The van der Waals surface area contributed by atoms with Crippen LogP contribution in [0.3, 0.4) is 0 Å². The predicted molar refractivity (Wildman–Crippen MR) is 61.1 cm³/mol. The maximum Gasteiger partial charge on any atom is 0.221 e. The fourth-order valence-electron chi connectivity index (χ4n) is 1.58. The number of carbonyl (C=O) groups excluding carboxylic acids is 1. The Morgan fingerprint density at radius 1 is 1.38 bits per heavy atom. The lowest BCUT2D eigenvalue weighted by Crippen LogP contribution is -2.43. The largest absolute Gasteiger partial charge is 0.354 e. The highest BCUT2D eigenvalue weighted by atomic mass is 16.7. The Morgan fingerprint density at radius 3 is 2.50 bits per heavy atom. The number of hydrogen-bond acceptors (Lipinski definition) is 4. The molecule has 1 saturated carbocycles. The van der Waals surface area contributed by atoms with Crippen LogP contribution < -0.4 is 10.6 Å². The first kappa shape index (κ1) is 13.4. The Bertz CT molecular complexity index is 215. The maximum atomic E-state index is 11.5. The predicted octanol–water partition coefficient (Wildman–Crippen LogP) is 0.252. The molecule has 0 aliphatic heterocycles. The highest BCUT2D eigenvalue weighted by Crippen LogP contribution is 2.18. The van der Waals surface area contributed by atoms with Crippen LogP contribution in [0, 0.1) is 0 Å². The molecule has 1 amide bonds. The van der Waals surface area contributed by atoms with Crippen LogP contribution >= 0.6 is 0 Å². The van der Waals surface area contributed by atoms with Gasteiger partial charge >= 0.3 is 0 Å². The molecule has 1 fully saturated rings. The molecule has 5 nitrogen and oxygen atoms in total. The van der Waals surface area contributed by atoms with Crippen molar-refractivity contribution in [2.75, 3.05) is 20.8 Å². The average Bonchev–Trinajstić information content (AvgIpc) is 3.03. The summed E-state index contributed by atoms with van der Waals surface area (Å²) in [7, 11) is 3.12. The lowest BCUT2D eigenvalue weighted by atomic mass is 10.3. The zero-order valence-corrected chi connectivity index (χ0v) is 10.3. The third-order valence-corrected chi connectivity index (χ3v) is 2.62. The maximum absolute atomic E-state index is 11.5. The number of ether oxygens (including phenoxy) is 2. The van der Waals surface area contributed by atoms with E-state index in [1.165, 1.54) is 12.8 Å². The van der Waals surface area contributed by atoms with Gasteiger partial charge in [-0.1, -0.05) is 0 Å². The van der Waals surface area contributed by atoms with Crippen molar-refractivity contribution in [3.05, 3.63) is 0 Å². The molecule has 0 saturated heterocycles. The molecule has 1 aliphatic rings. The third-order valence-electron chi connectivity index (χ3n) is 2.62. The molecular formula is C11H22N2O3. The van der Waals surface area contributed by atoms with E-state index in [2.05, 4.69) is 10.6 Å². The molecule has 0 spiro atoms. The second-order valence-corrected chi connectivity index (χ2v) is 4.17. The molecular weight excluding hydrogens is 208 g/mol. The summed E-state index contributed by atoms with van der Waals surface area (Å²) < 4.78 is 10.1. The first-order valence-electron chi connectivity index (χ1n) is 5.75. The fraction of sp³-hybridized carbons (Fsp3) is 0.909. The number of carbonyl (C=O) groups is 1. The van der Waals surface area contributed by atoms with Crippen molar-refractivity contribution >= 4 is 5.91 Å². The molecule has 0 radical (unpaired) electrons. The van der Waals surface area contributed by atoms with Crippen molar-refractivity contribution in [2.24, 2.45) is 0 Å². The number of hydrogen-bond donors (Lipinski definition) is 2. The minimum Gasteiger partial charge on any atom is -0.354 e. The van der Waals surface area contributed by atoms with E-state index in [4.69, 9.17) is 9.47 Å². The number of amides is 1. The van der Waals surface area contributed by atoms with Crippen molar-refractivity contribution in [2.45, 2.75) is 44.6 Å². The zero-order chi connectivity index (χ0) is 12.0. The molecule has 1 rings (SSSR count). The van der Waals surface area contributed by atoms with Crippen molar-refractivity contribution in [3.8, 4) is 0 Å². The summed E-state index contributed by atoms with van der Waals surface area (Å²) in [4.78, 5) is 11.5. The molecule has 2 N–H and O–H groups in total. The smallest absolute Gasteiger partial charge is 0.221 e. The minimum absolute atomic E-state index is 0.0275. The highest BCUT2D eigenvalue weighted by Gasteiger charge is 2.21. The van der Waals surface area contributed by atoms with E-state index in [0.717, 1.165) is 6.54 Å².